The highest BCUT2D eigenvalue weighted by atomic mass is 16.2. The van der Waals surface area contributed by atoms with Crippen LogP contribution >= 0.6 is 0 Å². The zero-order valence-corrected chi connectivity index (χ0v) is 13.2. The quantitative estimate of drug-likeness (QED) is 0.335. The largest absolute Gasteiger partial charge is 0.396 e. The molecule has 1 atom stereocenters. The average Bonchev–Trinajstić information content (AvgIpc) is 2.47. The van der Waals surface area contributed by atoms with E-state index in [2.05, 4.69) is 6.92 Å². The van der Waals surface area contributed by atoms with E-state index in [0.717, 1.165) is 19.1 Å². The lowest BCUT2D eigenvalue weighted by Gasteiger charge is -2.22. The lowest BCUT2D eigenvalue weighted by molar-refractivity contribution is -0.110. The number of aliphatic hydroxyl groups excluding tert-OH is 1. The van der Waals surface area contributed by atoms with Crippen molar-refractivity contribution in [1.82, 2.24) is 0 Å². The molecule has 2 nitrogen and oxygen atoms in total. The number of rotatable bonds is 11. The number of hydrogen-bond acceptors (Lipinski definition) is 2. The minimum atomic E-state index is 0.213. The first-order valence-electron chi connectivity index (χ1n) is 8.54. The van der Waals surface area contributed by atoms with Gasteiger partial charge < -0.3 is 9.90 Å². The van der Waals surface area contributed by atoms with E-state index < -0.39 is 0 Å². The van der Waals surface area contributed by atoms with Gasteiger partial charge in [-0.3, -0.25) is 0 Å². The van der Waals surface area contributed by atoms with Gasteiger partial charge >= 0.3 is 0 Å². The van der Waals surface area contributed by atoms with Crippen LogP contribution in [0.3, 0.4) is 0 Å². The number of hydrogen-bond donors (Lipinski definition) is 1. The summed E-state index contributed by atoms with van der Waals surface area (Å²) in [5.41, 5.74) is 2.94. The first-order chi connectivity index (χ1) is 9.79. The van der Waals surface area contributed by atoms with Crippen molar-refractivity contribution in [3.05, 3.63) is 11.1 Å². The molecule has 0 heterocycles. The molecule has 1 rings (SSSR count). The molecular formula is C18H32O2. The Kier molecular flexibility index (Phi) is 9.65. The Labute approximate surface area is 124 Å². The third kappa shape index (κ3) is 6.69. The van der Waals surface area contributed by atoms with Crippen molar-refractivity contribution in [2.75, 3.05) is 6.61 Å². The summed E-state index contributed by atoms with van der Waals surface area (Å²) in [6, 6.07) is 0. The van der Waals surface area contributed by atoms with Gasteiger partial charge in [-0.1, -0.05) is 49.7 Å². The van der Waals surface area contributed by atoms with Crippen LogP contribution in [0.5, 0.6) is 0 Å². The lowest BCUT2D eigenvalue weighted by atomic mass is 9.82. The van der Waals surface area contributed by atoms with Crippen LogP contribution in [0.15, 0.2) is 11.1 Å². The minimum Gasteiger partial charge on any atom is -0.396 e. The molecule has 0 aliphatic heterocycles. The van der Waals surface area contributed by atoms with Crippen molar-refractivity contribution in [3.63, 3.8) is 0 Å². The Morgan fingerprint density at radius 2 is 1.65 bits per heavy atom. The van der Waals surface area contributed by atoms with Gasteiger partial charge in [-0.25, -0.2) is 0 Å². The first-order valence-corrected chi connectivity index (χ1v) is 8.54. The van der Waals surface area contributed by atoms with Gasteiger partial charge in [-0.2, -0.15) is 0 Å². The molecule has 0 aromatic carbocycles. The van der Waals surface area contributed by atoms with Gasteiger partial charge in [0.2, 0.25) is 0 Å². The number of allylic oxidation sites excluding steroid dienone is 2. The van der Waals surface area contributed by atoms with Crippen LogP contribution in [0.25, 0.3) is 0 Å². The Balaban J connectivity index is 2.05. The molecule has 2 heteroatoms. The van der Waals surface area contributed by atoms with Gasteiger partial charge in [0.15, 0.2) is 0 Å². The molecule has 0 saturated carbocycles. The fraction of sp³-hybridized carbons (Fsp3) is 0.833. The predicted octanol–water partition coefficient (Wildman–Crippen LogP) is 4.81. The molecule has 0 bridgehead atoms. The minimum absolute atomic E-state index is 0.213. The number of unbranched alkanes of at least 4 members (excludes halogenated alkanes) is 7. The monoisotopic (exact) mass is 280 g/mol. The molecule has 116 valence electrons. The summed E-state index contributed by atoms with van der Waals surface area (Å²) >= 11 is 0. The van der Waals surface area contributed by atoms with Gasteiger partial charge in [0.05, 0.1) is 0 Å². The lowest BCUT2D eigenvalue weighted by Crippen LogP contribution is -2.11. The molecule has 1 N–H and O–H groups in total. The Bertz CT molecular complexity index is 294. The van der Waals surface area contributed by atoms with E-state index >= 15 is 0 Å². The summed E-state index contributed by atoms with van der Waals surface area (Å²) < 4.78 is 0. The summed E-state index contributed by atoms with van der Waals surface area (Å²) in [5.74, 6) is 0.213. The van der Waals surface area contributed by atoms with Gasteiger partial charge in [-0.15, -0.1) is 0 Å². The highest BCUT2D eigenvalue weighted by molar-refractivity contribution is 5.59. The van der Waals surface area contributed by atoms with Crippen LogP contribution in [0.4, 0.5) is 0 Å². The van der Waals surface area contributed by atoms with E-state index in [9.17, 15) is 4.79 Å². The smallest absolute Gasteiger partial charge is 0.127 e. The molecule has 1 aliphatic rings. The van der Waals surface area contributed by atoms with Gasteiger partial charge in [0, 0.05) is 12.5 Å². The summed E-state index contributed by atoms with van der Waals surface area (Å²) in [6.45, 7) is 2.50. The Morgan fingerprint density at radius 3 is 2.25 bits per heavy atom. The fourth-order valence-corrected chi connectivity index (χ4v) is 3.21. The molecular weight excluding hydrogens is 248 g/mol. The van der Waals surface area contributed by atoms with E-state index in [1.807, 2.05) is 0 Å². The molecule has 1 aliphatic carbocycles. The molecule has 0 spiro atoms. The van der Waals surface area contributed by atoms with Crippen LogP contribution in [0.2, 0.25) is 0 Å². The van der Waals surface area contributed by atoms with Crippen LogP contribution in [0.1, 0.15) is 84.0 Å². The second-order valence-electron chi connectivity index (χ2n) is 6.22. The van der Waals surface area contributed by atoms with E-state index in [4.69, 9.17) is 5.11 Å². The SMILES string of the molecule is CC1=C(CCCCCCCCCCO)CCCC1C=O. The number of aliphatic hydroxyl groups is 1. The second kappa shape index (κ2) is 11.1. The Morgan fingerprint density at radius 1 is 1.05 bits per heavy atom. The standard InChI is InChI=1S/C18H32O2/c1-16-17(12-10-13-18(16)15-20)11-8-6-4-2-3-5-7-9-14-19/h15,18-19H,2-14H2,1H3. The van der Waals surface area contributed by atoms with Crippen molar-refractivity contribution < 1.29 is 9.90 Å². The van der Waals surface area contributed by atoms with Crippen LogP contribution in [0, 0.1) is 5.92 Å². The molecule has 0 radical (unpaired) electrons. The van der Waals surface area contributed by atoms with Crippen LogP contribution in [-0.2, 0) is 4.79 Å². The molecule has 0 aromatic heterocycles. The summed E-state index contributed by atoms with van der Waals surface area (Å²) in [7, 11) is 0. The Hall–Kier alpha value is -0.630. The van der Waals surface area contributed by atoms with Gasteiger partial charge in [-0.05, 0) is 45.4 Å². The number of carbonyl (C=O) groups excluding carboxylic acids is 1. The molecule has 1 unspecified atom stereocenters. The summed E-state index contributed by atoms with van der Waals surface area (Å²) in [6.07, 6.45) is 15.8. The number of aldehydes is 1. The van der Waals surface area contributed by atoms with Crippen molar-refractivity contribution in [2.24, 2.45) is 5.92 Å². The van der Waals surface area contributed by atoms with Crippen LogP contribution < -0.4 is 0 Å². The maximum Gasteiger partial charge on any atom is 0.127 e. The molecule has 0 aromatic rings. The molecule has 0 fully saturated rings. The van der Waals surface area contributed by atoms with Gasteiger partial charge in [0.25, 0.3) is 0 Å². The predicted molar refractivity (Wildman–Crippen MR) is 84.7 cm³/mol. The van der Waals surface area contributed by atoms with Crippen molar-refractivity contribution >= 4 is 6.29 Å². The van der Waals surface area contributed by atoms with Crippen LogP contribution in [-0.4, -0.2) is 18.0 Å². The van der Waals surface area contributed by atoms with Crippen molar-refractivity contribution in [1.29, 1.82) is 0 Å². The second-order valence-corrected chi connectivity index (χ2v) is 6.22. The molecule has 0 saturated heterocycles. The molecule has 0 amide bonds. The third-order valence-corrected chi connectivity index (χ3v) is 4.66. The van der Waals surface area contributed by atoms with Gasteiger partial charge in [0.1, 0.15) is 6.29 Å². The highest BCUT2D eigenvalue weighted by Gasteiger charge is 2.18. The maximum absolute atomic E-state index is 11.0. The van der Waals surface area contributed by atoms with E-state index in [0.29, 0.717) is 6.61 Å². The summed E-state index contributed by atoms with van der Waals surface area (Å²) in [5, 5.41) is 8.69. The van der Waals surface area contributed by atoms with E-state index in [1.165, 1.54) is 69.8 Å². The van der Waals surface area contributed by atoms with E-state index in [-0.39, 0.29) is 5.92 Å². The summed E-state index contributed by atoms with van der Waals surface area (Å²) in [4.78, 5) is 11.0. The third-order valence-electron chi connectivity index (χ3n) is 4.66. The van der Waals surface area contributed by atoms with E-state index in [1.54, 1.807) is 5.57 Å². The zero-order chi connectivity index (χ0) is 14.6. The maximum atomic E-state index is 11.0. The van der Waals surface area contributed by atoms with Crippen molar-refractivity contribution in [3.8, 4) is 0 Å². The average molecular weight is 280 g/mol. The normalized spacial score (nSPS) is 19.4. The highest BCUT2D eigenvalue weighted by Crippen LogP contribution is 2.31. The fourth-order valence-electron chi connectivity index (χ4n) is 3.21. The number of carbonyl (C=O) groups is 1. The van der Waals surface area contributed by atoms with Crippen molar-refractivity contribution in [2.45, 2.75) is 84.0 Å². The topological polar surface area (TPSA) is 37.3 Å². The molecule has 20 heavy (non-hydrogen) atoms. The first kappa shape index (κ1) is 17.4. The zero-order valence-electron chi connectivity index (χ0n) is 13.2.